The molecule has 0 radical (unpaired) electrons. The van der Waals surface area contributed by atoms with Gasteiger partial charge in [0.25, 0.3) is 5.24 Å². The van der Waals surface area contributed by atoms with Crippen LogP contribution in [-0.4, -0.2) is 11.3 Å². The number of halogens is 3. The van der Waals surface area contributed by atoms with Crippen LogP contribution in [0.4, 0.5) is 0 Å². The van der Waals surface area contributed by atoms with Gasteiger partial charge in [0.15, 0.2) is 6.10 Å². The van der Waals surface area contributed by atoms with Gasteiger partial charge >= 0.3 is 0 Å². The molecule has 21 heavy (non-hydrogen) atoms. The maximum atomic E-state index is 10.9. The first-order valence-corrected chi connectivity index (χ1v) is 7.59. The van der Waals surface area contributed by atoms with E-state index in [1.54, 1.807) is 43.3 Å². The molecular weight excluding hydrogens is 379 g/mol. The van der Waals surface area contributed by atoms with Crippen molar-refractivity contribution < 1.29 is 14.3 Å². The maximum Gasteiger partial charge on any atom is 0.262 e. The summed E-state index contributed by atoms with van der Waals surface area (Å²) in [6.07, 6.45) is -0.695. The lowest BCUT2D eigenvalue weighted by Gasteiger charge is -2.12. The van der Waals surface area contributed by atoms with Crippen LogP contribution in [-0.2, 0) is 4.79 Å². The number of hydrogen-bond acceptors (Lipinski definition) is 3. The van der Waals surface area contributed by atoms with Crippen LogP contribution in [0.5, 0.6) is 17.2 Å². The lowest BCUT2D eigenvalue weighted by molar-refractivity contribution is -0.117. The normalized spacial score (nSPS) is 11.8. The van der Waals surface area contributed by atoms with Gasteiger partial charge in [0, 0.05) is 4.47 Å². The van der Waals surface area contributed by atoms with Crippen molar-refractivity contribution in [3.05, 3.63) is 52.0 Å². The predicted molar refractivity (Wildman–Crippen MR) is 86.6 cm³/mol. The fourth-order valence-electron chi connectivity index (χ4n) is 1.52. The van der Waals surface area contributed by atoms with Gasteiger partial charge in [0.1, 0.15) is 17.2 Å². The molecule has 2 aromatic carbocycles. The second-order valence-electron chi connectivity index (χ2n) is 4.21. The van der Waals surface area contributed by atoms with Crippen LogP contribution < -0.4 is 9.47 Å². The van der Waals surface area contributed by atoms with Crippen LogP contribution >= 0.6 is 39.1 Å². The number of rotatable bonds is 5. The van der Waals surface area contributed by atoms with Crippen molar-refractivity contribution in [1.82, 2.24) is 0 Å². The molecule has 0 spiro atoms. The molecule has 0 aromatic heterocycles. The van der Waals surface area contributed by atoms with Gasteiger partial charge in [-0.2, -0.15) is 0 Å². The number of benzene rings is 2. The summed E-state index contributed by atoms with van der Waals surface area (Å²) < 4.78 is 11.9. The van der Waals surface area contributed by atoms with Crippen molar-refractivity contribution >= 4 is 44.4 Å². The zero-order chi connectivity index (χ0) is 15.4. The minimum atomic E-state index is -0.695. The molecule has 0 N–H and O–H groups in total. The Morgan fingerprint density at radius 1 is 1.14 bits per heavy atom. The average molecular weight is 390 g/mol. The van der Waals surface area contributed by atoms with Gasteiger partial charge in [-0.3, -0.25) is 4.79 Å². The summed E-state index contributed by atoms with van der Waals surface area (Å²) in [6.45, 7) is 1.58. The van der Waals surface area contributed by atoms with Crippen LogP contribution in [0.2, 0.25) is 5.02 Å². The van der Waals surface area contributed by atoms with Crippen molar-refractivity contribution in [2.45, 2.75) is 13.0 Å². The first-order chi connectivity index (χ1) is 9.95. The molecule has 3 nitrogen and oxygen atoms in total. The van der Waals surface area contributed by atoms with Crippen LogP contribution in [0.1, 0.15) is 6.92 Å². The summed E-state index contributed by atoms with van der Waals surface area (Å²) in [5.74, 6) is 1.69. The third-order valence-electron chi connectivity index (χ3n) is 2.58. The Balaban J connectivity index is 2.07. The molecule has 0 saturated carbocycles. The van der Waals surface area contributed by atoms with Gasteiger partial charge < -0.3 is 9.47 Å². The molecule has 110 valence electrons. The summed E-state index contributed by atoms with van der Waals surface area (Å²) in [7, 11) is 0. The molecule has 0 aliphatic carbocycles. The first kappa shape index (κ1) is 16.1. The maximum absolute atomic E-state index is 10.9. The van der Waals surface area contributed by atoms with E-state index in [-0.39, 0.29) is 0 Å². The Hall–Kier alpha value is -1.23. The summed E-state index contributed by atoms with van der Waals surface area (Å²) in [5, 5.41) is -0.0389. The minimum absolute atomic E-state index is 0.506. The lowest BCUT2D eigenvalue weighted by atomic mass is 10.3. The van der Waals surface area contributed by atoms with E-state index in [4.69, 9.17) is 32.7 Å². The third-order valence-corrected chi connectivity index (χ3v) is 3.67. The number of carbonyl (C=O) groups excluding carboxylic acids is 1. The molecular formula is C15H11BrCl2O3. The Morgan fingerprint density at radius 2 is 1.76 bits per heavy atom. The fourth-order valence-corrected chi connectivity index (χ4v) is 2.28. The van der Waals surface area contributed by atoms with E-state index in [2.05, 4.69) is 15.9 Å². The molecule has 6 heteroatoms. The molecule has 0 bridgehead atoms. The van der Waals surface area contributed by atoms with Gasteiger partial charge in [0.2, 0.25) is 0 Å². The largest absolute Gasteiger partial charge is 0.482 e. The predicted octanol–water partition coefficient (Wildman–Crippen LogP) is 5.43. The molecule has 0 amide bonds. The summed E-state index contributed by atoms with van der Waals surface area (Å²) in [4.78, 5) is 10.9. The zero-order valence-corrected chi connectivity index (χ0v) is 14.1. The van der Waals surface area contributed by atoms with Gasteiger partial charge in [0.05, 0.1) is 5.02 Å². The van der Waals surface area contributed by atoms with Gasteiger partial charge in [-0.05, 0) is 61.0 Å². The van der Waals surface area contributed by atoms with Crippen molar-refractivity contribution in [2.75, 3.05) is 0 Å². The molecule has 1 atom stereocenters. The Kier molecular flexibility index (Phi) is 5.51. The Morgan fingerprint density at radius 3 is 2.33 bits per heavy atom. The van der Waals surface area contributed by atoms with Gasteiger partial charge in [-0.25, -0.2) is 0 Å². The van der Waals surface area contributed by atoms with E-state index in [0.29, 0.717) is 22.3 Å². The van der Waals surface area contributed by atoms with Crippen molar-refractivity contribution in [3.63, 3.8) is 0 Å². The Labute approximate surface area is 140 Å². The molecule has 2 aromatic rings. The van der Waals surface area contributed by atoms with Crippen LogP contribution in [0.25, 0.3) is 0 Å². The summed E-state index contributed by atoms with van der Waals surface area (Å²) >= 11 is 14.8. The second-order valence-corrected chi connectivity index (χ2v) is 5.91. The molecule has 0 aliphatic heterocycles. The van der Waals surface area contributed by atoms with E-state index < -0.39 is 11.3 Å². The Bertz CT molecular complexity index is 644. The lowest BCUT2D eigenvalue weighted by Crippen LogP contribution is -2.18. The average Bonchev–Trinajstić information content (AvgIpc) is 2.43. The SMILES string of the molecule is CC(Oc1ccc(Oc2ccc(Br)cc2Cl)cc1)C(=O)Cl. The van der Waals surface area contributed by atoms with E-state index >= 15 is 0 Å². The van der Waals surface area contributed by atoms with Crippen LogP contribution in [0, 0.1) is 0 Å². The van der Waals surface area contributed by atoms with E-state index in [1.807, 2.05) is 6.07 Å². The smallest absolute Gasteiger partial charge is 0.262 e. The molecule has 0 heterocycles. The molecule has 1 unspecified atom stereocenters. The summed E-state index contributed by atoms with van der Waals surface area (Å²) in [5.41, 5.74) is 0. The van der Waals surface area contributed by atoms with E-state index in [0.717, 1.165) is 4.47 Å². The highest BCUT2D eigenvalue weighted by molar-refractivity contribution is 9.10. The van der Waals surface area contributed by atoms with Gasteiger partial charge in [-0.1, -0.05) is 27.5 Å². The first-order valence-electron chi connectivity index (χ1n) is 6.04. The number of ether oxygens (including phenoxy) is 2. The van der Waals surface area contributed by atoms with Crippen molar-refractivity contribution in [2.24, 2.45) is 0 Å². The number of hydrogen-bond donors (Lipinski definition) is 0. The molecule has 0 aliphatic rings. The topological polar surface area (TPSA) is 35.5 Å². The standard InChI is InChI=1S/C15H11BrCl2O3/c1-9(15(18)19)20-11-3-5-12(6-4-11)21-14-7-2-10(16)8-13(14)17/h2-9H,1H3. The van der Waals surface area contributed by atoms with Crippen molar-refractivity contribution in [1.29, 1.82) is 0 Å². The highest BCUT2D eigenvalue weighted by atomic mass is 79.9. The number of carbonyl (C=O) groups is 1. The van der Waals surface area contributed by atoms with Crippen LogP contribution in [0.15, 0.2) is 46.9 Å². The molecule has 0 fully saturated rings. The molecule has 2 rings (SSSR count). The van der Waals surface area contributed by atoms with Gasteiger partial charge in [-0.15, -0.1) is 0 Å². The van der Waals surface area contributed by atoms with Crippen LogP contribution in [0.3, 0.4) is 0 Å². The highest BCUT2D eigenvalue weighted by Crippen LogP contribution is 2.32. The monoisotopic (exact) mass is 388 g/mol. The second kappa shape index (κ2) is 7.16. The quantitative estimate of drug-likeness (QED) is 0.639. The zero-order valence-electron chi connectivity index (χ0n) is 11.0. The molecule has 0 saturated heterocycles. The summed E-state index contributed by atoms with van der Waals surface area (Å²) in [6, 6.07) is 12.2. The van der Waals surface area contributed by atoms with E-state index in [9.17, 15) is 4.79 Å². The van der Waals surface area contributed by atoms with E-state index in [1.165, 1.54) is 0 Å². The fraction of sp³-hybridized carbons (Fsp3) is 0.133. The van der Waals surface area contributed by atoms with Crippen molar-refractivity contribution in [3.8, 4) is 17.2 Å². The minimum Gasteiger partial charge on any atom is -0.482 e. The highest BCUT2D eigenvalue weighted by Gasteiger charge is 2.11. The third kappa shape index (κ3) is 4.63.